The van der Waals surface area contributed by atoms with E-state index < -0.39 is 11.7 Å². The highest BCUT2D eigenvalue weighted by Crippen LogP contribution is 2.21. The number of Topliss-reactive ketones (excluding diaryl/α,β-unsaturated/α-hetero) is 1. The first-order valence-electron chi connectivity index (χ1n) is 5.02. The van der Waals surface area contributed by atoms with E-state index in [-0.39, 0.29) is 0 Å². The van der Waals surface area contributed by atoms with Gasteiger partial charge in [0.05, 0.1) is 11.3 Å². The largest absolute Gasteiger partial charge is 0.318 e. The van der Waals surface area contributed by atoms with E-state index in [4.69, 9.17) is 0 Å². The van der Waals surface area contributed by atoms with Gasteiger partial charge in [-0.3, -0.25) is 9.59 Å². The van der Waals surface area contributed by atoms with Gasteiger partial charge in [0.15, 0.2) is 0 Å². The van der Waals surface area contributed by atoms with Crippen LogP contribution in [-0.4, -0.2) is 29.9 Å². The lowest BCUT2D eigenvalue weighted by Crippen LogP contribution is -2.12. The number of nitrogens with one attached hydrogen (secondary N) is 2. The molecule has 0 spiro atoms. The van der Waals surface area contributed by atoms with Crippen molar-refractivity contribution in [2.75, 3.05) is 23.5 Å². The van der Waals surface area contributed by atoms with Crippen molar-refractivity contribution in [2.24, 2.45) is 0 Å². The number of anilines is 1. The summed E-state index contributed by atoms with van der Waals surface area (Å²) in [6, 6.07) is 6.85. The number of thioether (sulfide) groups is 1. The zero-order valence-corrected chi connectivity index (χ0v) is 9.47. The van der Waals surface area contributed by atoms with Crippen molar-refractivity contribution in [3.05, 3.63) is 29.8 Å². The number of carbonyl (C=O) groups is 2. The topological polar surface area (TPSA) is 58.2 Å². The van der Waals surface area contributed by atoms with Crippen molar-refractivity contribution in [2.45, 2.75) is 0 Å². The van der Waals surface area contributed by atoms with E-state index in [1.165, 1.54) is 18.2 Å². The van der Waals surface area contributed by atoms with Crippen LogP contribution in [0.3, 0.4) is 0 Å². The van der Waals surface area contributed by atoms with Crippen LogP contribution in [0, 0.1) is 0 Å². The fourth-order valence-corrected chi connectivity index (χ4v) is 2.17. The number of fused-ring (bicyclic) bond motifs is 1. The van der Waals surface area contributed by atoms with Crippen LogP contribution in [0.25, 0.3) is 0 Å². The molecular weight excluding hydrogens is 224 g/mol. The number of para-hydroxylation sites is 1. The Morgan fingerprint density at radius 1 is 1.19 bits per heavy atom. The third kappa shape index (κ3) is 2.43. The molecule has 0 unspecified atom stereocenters. The van der Waals surface area contributed by atoms with Gasteiger partial charge in [-0.25, -0.2) is 0 Å². The van der Waals surface area contributed by atoms with Crippen LogP contribution in [0.15, 0.2) is 24.3 Å². The van der Waals surface area contributed by atoms with Crippen molar-refractivity contribution in [3.63, 3.8) is 0 Å². The predicted molar refractivity (Wildman–Crippen MR) is 64.7 cm³/mol. The van der Waals surface area contributed by atoms with Crippen molar-refractivity contribution in [1.82, 2.24) is 5.32 Å². The van der Waals surface area contributed by atoms with Gasteiger partial charge in [-0.1, -0.05) is 12.1 Å². The van der Waals surface area contributed by atoms with Crippen LogP contribution < -0.4 is 10.6 Å². The fraction of sp³-hybridized carbons (Fsp3) is 0.273. The van der Waals surface area contributed by atoms with Gasteiger partial charge in [-0.2, -0.15) is 0 Å². The summed E-state index contributed by atoms with van der Waals surface area (Å²) in [5.74, 6) is 1.49. The van der Waals surface area contributed by atoms with E-state index in [9.17, 15) is 9.59 Å². The lowest BCUT2D eigenvalue weighted by molar-refractivity contribution is -0.112. The normalized spacial score (nSPS) is 17.5. The van der Waals surface area contributed by atoms with E-state index in [1.54, 1.807) is 24.3 Å². The summed E-state index contributed by atoms with van der Waals surface area (Å²) >= 11 is 1.96. The standard InChI is InChI=1S/C8H5NO2.C3H7NS/c10-7-5-3-1-2-4-6(5)9-8(7)11;1-2-5-3-4-1/h1-4H,(H,9,10,11);4H,1-3H2. The van der Waals surface area contributed by atoms with Gasteiger partial charge in [0.2, 0.25) is 0 Å². The molecule has 1 aromatic carbocycles. The van der Waals surface area contributed by atoms with E-state index in [1.807, 2.05) is 11.8 Å². The second kappa shape index (κ2) is 5.14. The average Bonchev–Trinajstić information content (AvgIpc) is 2.93. The molecule has 1 fully saturated rings. The number of rotatable bonds is 0. The number of carbonyl (C=O) groups excluding carboxylic acids is 2. The minimum absolute atomic E-state index is 0.444. The number of amides is 1. The molecule has 0 bridgehead atoms. The first-order valence-corrected chi connectivity index (χ1v) is 6.17. The minimum Gasteiger partial charge on any atom is -0.318 e. The molecule has 5 heteroatoms. The average molecular weight is 236 g/mol. The second-order valence-corrected chi connectivity index (χ2v) is 4.49. The van der Waals surface area contributed by atoms with Gasteiger partial charge in [0, 0.05) is 18.2 Å². The number of benzene rings is 1. The molecule has 2 N–H and O–H groups in total. The molecule has 4 nitrogen and oxygen atoms in total. The zero-order valence-electron chi connectivity index (χ0n) is 8.66. The van der Waals surface area contributed by atoms with E-state index in [0.29, 0.717) is 11.3 Å². The number of ketones is 1. The molecule has 2 aliphatic rings. The Kier molecular flexibility index (Phi) is 3.58. The van der Waals surface area contributed by atoms with Gasteiger partial charge in [0.1, 0.15) is 0 Å². The Morgan fingerprint density at radius 3 is 2.56 bits per heavy atom. The first kappa shape index (κ1) is 11.2. The molecule has 2 heterocycles. The van der Waals surface area contributed by atoms with E-state index in [0.717, 1.165) is 0 Å². The van der Waals surface area contributed by atoms with Crippen LogP contribution in [-0.2, 0) is 4.79 Å². The van der Waals surface area contributed by atoms with Crippen LogP contribution in [0.5, 0.6) is 0 Å². The molecular formula is C11H12N2O2S. The SMILES string of the molecule is C1CSCN1.O=C1Nc2ccccc2C1=O. The van der Waals surface area contributed by atoms with E-state index >= 15 is 0 Å². The minimum atomic E-state index is -0.536. The molecule has 2 aliphatic heterocycles. The smallest absolute Gasteiger partial charge is 0.296 e. The Morgan fingerprint density at radius 2 is 2.00 bits per heavy atom. The molecule has 1 saturated heterocycles. The molecule has 16 heavy (non-hydrogen) atoms. The van der Waals surface area contributed by atoms with Gasteiger partial charge in [0.25, 0.3) is 11.7 Å². The number of hydrogen-bond donors (Lipinski definition) is 2. The Bertz CT molecular complexity index is 409. The monoisotopic (exact) mass is 236 g/mol. The third-order valence-electron chi connectivity index (χ3n) is 2.25. The van der Waals surface area contributed by atoms with Crippen molar-refractivity contribution in [1.29, 1.82) is 0 Å². The van der Waals surface area contributed by atoms with Gasteiger partial charge in [-0.15, -0.1) is 11.8 Å². The maximum atomic E-state index is 11.0. The molecule has 0 saturated carbocycles. The summed E-state index contributed by atoms with van der Waals surface area (Å²) in [6.07, 6.45) is 0. The summed E-state index contributed by atoms with van der Waals surface area (Å²) < 4.78 is 0. The Balaban J connectivity index is 0.000000162. The van der Waals surface area contributed by atoms with Gasteiger partial charge < -0.3 is 10.6 Å². The molecule has 0 atom stereocenters. The van der Waals surface area contributed by atoms with Gasteiger partial charge in [-0.05, 0) is 12.1 Å². The molecule has 84 valence electrons. The van der Waals surface area contributed by atoms with Crippen molar-refractivity contribution in [3.8, 4) is 0 Å². The van der Waals surface area contributed by atoms with Crippen LogP contribution in [0.2, 0.25) is 0 Å². The van der Waals surface area contributed by atoms with Crippen LogP contribution >= 0.6 is 11.8 Å². The molecule has 1 aromatic rings. The summed E-state index contributed by atoms with van der Waals surface area (Å²) in [6.45, 7) is 1.21. The first-order chi connectivity index (χ1) is 7.79. The molecule has 0 radical (unpaired) electrons. The quantitative estimate of drug-likeness (QED) is 0.662. The maximum absolute atomic E-state index is 11.0. The van der Waals surface area contributed by atoms with Gasteiger partial charge >= 0.3 is 0 Å². The third-order valence-corrected chi connectivity index (χ3v) is 3.15. The highest BCUT2D eigenvalue weighted by Gasteiger charge is 2.26. The summed E-state index contributed by atoms with van der Waals surface area (Å²) in [7, 11) is 0. The zero-order chi connectivity index (χ0) is 11.4. The van der Waals surface area contributed by atoms with E-state index in [2.05, 4.69) is 10.6 Å². The maximum Gasteiger partial charge on any atom is 0.296 e. The highest BCUT2D eigenvalue weighted by molar-refractivity contribution is 7.99. The summed E-state index contributed by atoms with van der Waals surface area (Å²) in [4.78, 5) is 21.8. The molecule has 0 aromatic heterocycles. The van der Waals surface area contributed by atoms with Crippen LogP contribution in [0.4, 0.5) is 5.69 Å². The second-order valence-electron chi connectivity index (χ2n) is 3.38. The highest BCUT2D eigenvalue weighted by atomic mass is 32.2. The molecule has 0 aliphatic carbocycles. The lowest BCUT2D eigenvalue weighted by atomic mass is 10.1. The summed E-state index contributed by atoms with van der Waals surface area (Å²) in [5, 5.41) is 5.64. The van der Waals surface area contributed by atoms with Crippen molar-refractivity contribution < 1.29 is 9.59 Å². The predicted octanol–water partition coefficient (Wildman–Crippen LogP) is 1.10. The summed E-state index contributed by atoms with van der Waals surface area (Å²) in [5.41, 5.74) is 1.08. The molecule has 3 rings (SSSR count). The Labute approximate surface area is 97.8 Å². The van der Waals surface area contributed by atoms with Crippen LogP contribution in [0.1, 0.15) is 10.4 Å². The number of hydrogen-bond acceptors (Lipinski definition) is 4. The fourth-order valence-electron chi connectivity index (χ4n) is 1.45. The molecule has 1 amide bonds. The van der Waals surface area contributed by atoms with Crippen molar-refractivity contribution >= 4 is 29.1 Å². The Hall–Kier alpha value is -1.33. The lowest BCUT2D eigenvalue weighted by Gasteiger charge is -1.91.